The minimum absolute atomic E-state index is 0.0306. The monoisotopic (exact) mass is 261 g/mol. The highest BCUT2D eigenvalue weighted by molar-refractivity contribution is 6.08. The molecule has 1 fully saturated rings. The van der Waals surface area contributed by atoms with Crippen LogP contribution in [0.5, 0.6) is 0 Å². The highest BCUT2D eigenvalue weighted by Crippen LogP contribution is 2.26. The lowest BCUT2D eigenvalue weighted by molar-refractivity contribution is -0.134. The lowest BCUT2D eigenvalue weighted by Gasteiger charge is -2.21. The highest BCUT2D eigenvalue weighted by atomic mass is 16.2. The summed E-state index contributed by atoms with van der Waals surface area (Å²) in [6, 6.07) is 0. The number of hydrogen-bond acceptors (Lipinski definition) is 3. The number of rotatable bonds is 2. The third kappa shape index (κ3) is 3.40. The van der Waals surface area contributed by atoms with Crippen LogP contribution >= 0.6 is 0 Å². The minimum Gasteiger partial charge on any atom is -0.296 e. The molecule has 0 radical (unpaired) electrons. The predicted molar refractivity (Wildman–Crippen MR) is 71.1 cm³/mol. The Bertz CT molecular complexity index is 472. The van der Waals surface area contributed by atoms with Crippen LogP contribution in [-0.2, 0) is 14.4 Å². The average molecular weight is 261 g/mol. The number of nitrogens with one attached hydrogen (secondary N) is 1. The molecular weight excluding hydrogens is 242 g/mol. The van der Waals surface area contributed by atoms with E-state index < -0.39 is 0 Å². The lowest BCUT2D eigenvalue weighted by Crippen LogP contribution is -2.38. The molecular formula is C15H19NO3. The number of hydrogen-bond donors (Lipinski definition) is 1. The van der Waals surface area contributed by atoms with E-state index in [2.05, 4.69) is 12.2 Å². The molecule has 1 saturated heterocycles. The SMILES string of the molecule is CC1=C[C@H](C)C/C(=C/CC2CC(=O)NC(=O)C2)C1=O. The standard InChI is InChI=1S/C15H19NO3/c1-9-5-10(2)15(19)12(6-9)4-3-11-7-13(17)16-14(18)8-11/h4-5,9,11H,3,6-8H2,1-2H3,(H,16,17,18)/b12-4-/t9-/m0/s1. The Labute approximate surface area is 112 Å². The summed E-state index contributed by atoms with van der Waals surface area (Å²) < 4.78 is 0. The first kappa shape index (κ1) is 13.7. The molecule has 0 bridgehead atoms. The maximum Gasteiger partial charge on any atom is 0.226 e. The summed E-state index contributed by atoms with van der Waals surface area (Å²) in [5.41, 5.74) is 1.62. The van der Waals surface area contributed by atoms with Gasteiger partial charge < -0.3 is 0 Å². The molecule has 2 amide bonds. The van der Waals surface area contributed by atoms with E-state index in [-0.39, 0.29) is 23.5 Å². The Hall–Kier alpha value is -1.71. The van der Waals surface area contributed by atoms with E-state index in [1.807, 2.05) is 19.1 Å². The molecule has 1 N–H and O–H groups in total. The number of Topliss-reactive ketones (excluding diaryl/α,β-unsaturated/α-hetero) is 1. The number of amides is 2. The van der Waals surface area contributed by atoms with Crippen LogP contribution in [0.1, 0.15) is 39.5 Å². The quantitative estimate of drug-likeness (QED) is 0.610. The van der Waals surface area contributed by atoms with Gasteiger partial charge in [0.15, 0.2) is 5.78 Å². The van der Waals surface area contributed by atoms with Crippen LogP contribution < -0.4 is 5.32 Å². The second kappa shape index (κ2) is 5.51. The number of carbonyl (C=O) groups is 3. The summed E-state index contributed by atoms with van der Waals surface area (Å²) in [4.78, 5) is 34.5. The first-order chi connectivity index (χ1) is 8.95. The molecule has 0 unspecified atom stereocenters. The van der Waals surface area contributed by atoms with E-state index in [1.165, 1.54) is 0 Å². The van der Waals surface area contributed by atoms with E-state index in [9.17, 15) is 14.4 Å². The fraction of sp³-hybridized carbons (Fsp3) is 0.533. The molecule has 2 rings (SSSR count). The largest absolute Gasteiger partial charge is 0.296 e. The van der Waals surface area contributed by atoms with Gasteiger partial charge in [0.2, 0.25) is 11.8 Å². The summed E-state index contributed by atoms with van der Waals surface area (Å²) in [7, 11) is 0. The minimum atomic E-state index is -0.209. The molecule has 1 aliphatic heterocycles. The maximum absolute atomic E-state index is 12.0. The van der Waals surface area contributed by atoms with Gasteiger partial charge in [-0.2, -0.15) is 0 Å². The molecule has 0 aromatic carbocycles. The Kier molecular flexibility index (Phi) is 3.98. The van der Waals surface area contributed by atoms with Crippen molar-refractivity contribution in [3.63, 3.8) is 0 Å². The molecule has 0 aromatic rings. The van der Waals surface area contributed by atoms with Gasteiger partial charge in [0.25, 0.3) is 0 Å². The molecule has 1 heterocycles. The number of piperidine rings is 1. The van der Waals surface area contributed by atoms with E-state index in [0.29, 0.717) is 25.2 Å². The zero-order valence-electron chi connectivity index (χ0n) is 11.4. The van der Waals surface area contributed by atoms with Crippen LogP contribution in [-0.4, -0.2) is 17.6 Å². The smallest absolute Gasteiger partial charge is 0.226 e. The second-order valence-corrected chi connectivity index (χ2v) is 5.57. The fourth-order valence-corrected chi connectivity index (χ4v) is 2.76. The van der Waals surface area contributed by atoms with Gasteiger partial charge in [-0.25, -0.2) is 0 Å². The van der Waals surface area contributed by atoms with Gasteiger partial charge in [0.05, 0.1) is 0 Å². The topological polar surface area (TPSA) is 63.2 Å². The Morgan fingerprint density at radius 1 is 1.21 bits per heavy atom. The van der Waals surface area contributed by atoms with Gasteiger partial charge in [-0.1, -0.05) is 19.1 Å². The van der Waals surface area contributed by atoms with Crippen LogP contribution in [0.2, 0.25) is 0 Å². The molecule has 4 nitrogen and oxygen atoms in total. The molecule has 0 saturated carbocycles. The number of imide groups is 1. The van der Waals surface area contributed by atoms with E-state index in [4.69, 9.17) is 0 Å². The molecule has 102 valence electrons. The van der Waals surface area contributed by atoms with Crippen LogP contribution in [0.4, 0.5) is 0 Å². The molecule has 0 spiro atoms. The lowest BCUT2D eigenvalue weighted by atomic mass is 9.85. The van der Waals surface area contributed by atoms with Gasteiger partial charge in [-0.15, -0.1) is 0 Å². The van der Waals surface area contributed by atoms with Gasteiger partial charge in [0, 0.05) is 12.8 Å². The van der Waals surface area contributed by atoms with E-state index in [0.717, 1.165) is 17.6 Å². The molecule has 2 aliphatic rings. The Morgan fingerprint density at radius 2 is 1.84 bits per heavy atom. The summed E-state index contributed by atoms with van der Waals surface area (Å²) in [5.74, 6) is 0.0890. The van der Waals surface area contributed by atoms with Gasteiger partial charge >= 0.3 is 0 Å². The summed E-state index contributed by atoms with van der Waals surface area (Å²) in [6.07, 6.45) is 6.04. The summed E-state index contributed by atoms with van der Waals surface area (Å²) in [6.45, 7) is 3.92. The first-order valence-electron chi connectivity index (χ1n) is 6.70. The number of ketones is 1. The van der Waals surface area contributed by atoms with Crippen molar-refractivity contribution in [3.8, 4) is 0 Å². The van der Waals surface area contributed by atoms with E-state index >= 15 is 0 Å². The molecule has 1 atom stereocenters. The molecule has 4 heteroatoms. The fourth-order valence-electron chi connectivity index (χ4n) is 2.76. The Morgan fingerprint density at radius 3 is 2.47 bits per heavy atom. The number of allylic oxidation sites excluding steroid dienone is 4. The van der Waals surface area contributed by atoms with Crippen molar-refractivity contribution < 1.29 is 14.4 Å². The van der Waals surface area contributed by atoms with Crippen LogP contribution in [0, 0.1) is 11.8 Å². The second-order valence-electron chi connectivity index (χ2n) is 5.57. The van der Waals surface area contributed by atoms with Crippen molar-refractivity contribution in [3.05, 3.63) is 23.3 Å². The van der Waals surface area contributed by atoms with Crippen molar-refractivity contribution in [2.24, 2.45) is 11.8 Å². The summed E-state index contributed by atoms with van der Waals surface area (Å²) >= 11 is 0. The van der Waals surface area contributed by atoms with E-state index in [1.54, 1.807) is 0 Å². The van der Waals surface area contributed by atoms with Gasteiger partial charge in [-0.05, 0) is 42.7 Å². The molecule has 1 aliphatic carbocycles. The van der Waals surface area contributed by atoms with Crippen LogP contribution in [0.3, 0.4) is 0 Å². The number of carbonyl (C=O) groups excluding carboxylic acids is 3. The molecule has 19 heavy (non-hydrogen) atoms. The van der Waals surface area contributed by atoms with Gasteiger partial charge in [0.1, 0.15) is 0 Å². The van der Waals surface area contributed by atoms with Crippen molar-refractivity contribution in [1.29, 1.82) is 0 Å². The van der Waals surface area contributed by atoms with Crippen LogP contribution in [0.15, 0.2) is 23.3 Å². The predicted octanol–water partition coefficient (Wildman–Crippen LogP) is 1.91. The third-order valence-electron chi connectivity index (χ3n) is 3.65. The van der Waals surface area contributed by atoms with Crippen molar-refractivity contribution in [2.75, 3.05) is 0 Å². The van der Waals surface area contributed by atoms with Gasteiger partial charge in [-0.3, -0.25) is 19.7 Å². The van der Waals surface area contributed by atoms with Crippen LogP contribution in [0.25, 0.3) is 0 Å². The normalized spacial score (nSPS) is 27.5. The van der Waals surface area contributed by atoms with Crippen molar-refractivity contribution in [2.45, 2.75) is 39.5 Å². The first-order valence-corrected chi connectivity index (χ1v) is 6.70. The van der Waals surface area contributed by atoms with Crippen molar-refractivity contribution in [1.82, 2.24) is 5.32 Å². The maximum atomic E-state index is 12.0. The van der Waals surface area contributed by atoms with Crippen molar-refractivity contribution >= 4 is 17.6 Å². The Balaban J connectivity index is 2.02. The average Bonchev–Trinajstić information content (AvgIpc) is 2.30. The zero-order valence-corrected chi connectivity index (χ0v) is 11.4. The molecule has 0 aromatic heterocycles. The zero-order chi connectivity index (χ0) is 14.0. The highest BCUT2D eigenvalue weighted by Gasteiger charge is 2.25. The third-order valence-corrected chi connectivity index (χ3v) is 3.65. The summed E-state index contributed by atoms with van der Waals surface area (Å²) in [5, 5.41) is 2.30.